The number of thiocarbonyl (C=S) groups is 1. The molecule has 2 aromatic heterocycles. The third-order valence-electron chi connectivity index (χ3n) is 1.85. The van der Waals surface area contributed by atoms with Gasteiger partial charge in [0, 0.05) is 12.4 Å². The third kappa shape index (κ3) is 2.35. The van der Waals surface area contributed by atoms with Crippen LogP contribution in [0.15, 0.2) is 30.9 Å². The molecule has 0 aliphatic carbocycles. The highest BCUT2D eigenvalue weighted by atomic mass is 32.1. The van der Waals surface area contributed by atoms with Crippen LogP contribution >= 0.6 is 12.2 Å². The second-order valence-corrected chi connectivity index (χ2v) is 3.43. The average molecular weight is 219 g/mol. The van der Waals surface area contributed by atoms with Gasteiger partial charge in [0.25, 0.3) is 0 Å². The fraction of sp³-hybridized carbons (Fsp3) is 0.111. The summed E-state index contributed by atoms with van der Waals surface area (Å²) in [6.07, 6.45) is 5.08. The third-order valence-corrected chi connectivity index (χ3v) is 2.03. The summed E-state index contributed by atoms with van der Waals surface area (Å²) in [6.45, 7) is 0.637. The van der Waals surface area contributed by atoms with E-state index in [0.717, 1.165) is 5.56 Å². The Balaban J connectivity index is 2.15. The molecule has 2 heterocycles. The minimum Gasteiger partial charge on any atom is -0.387 e. The zero-order valence-electron chi connectivity index (χ0n) is 7.87. The van der Waals surface area contributed by atoms with Crippen LogP contribution in [-0.4, -0.2) is 24.7 Å². The first-order valence-electron chi connectivity index (χ1n) is 4.34. The minimum atomic E-state index is 0.212. The summed E-state index contributed by atoms with van der Waals surface area (Å²) in [4.78, 5) is 8.13. The molecule has 0 fully saturated rings. The smallest absolute Gasteiger partial charge is 0.208 e. The lowest BCUT2D eigenvalue weighted by molar-refractivity contribution is 0.682. The van der Waals surface area contributed by atoms with Crippen molar-refractivity contribution in [1.29, 1.82) is 0 Å². The molecule has 0 atom stereocenters. The predicted octanol–water partition coefficient (Wildman–Crippen LogP) is 0.356. The maximum atomic E-state index is 5.40. The van der Waals surface area contributed by atoms with Gasteiger partial charge in [0.1, 0.15) is 11.3 Å². The van der Waals surface area contributed by atoms with Crippen molar-refractivity contribution in [2.45, 2.75) is 6.54 Å². The van der Waals surface area contributed by atoms with E-state index in [2.05, 4.69) is 15.1 Å². The lowest BCUT2D eigenvalue weighted by Crippen LogP contribution is -2.12. The molecular weight excluding hydrogens is 210 g/mol. The van der Waals surface area contributed by atoms with Crippen LogP contribution in [0.4, 0.5) is 0 Å². The molecule has 0 aromatic carbocycles. The summed E-state index contributed by atoms with van der Waals surface area (Å²) < 4.78 is 1.68. The first-order chi connectivity index (χ1) is 7.25. The molecule has 0 aliphatic heterocycles. The molecule has 76 valence electrons. The summed E-state index contributed by atoms with van der Waals surface area (Å²) in [5, 5.41) is 4.12. The summed E-state index contributed by atoms with van der Waals surface area (Å²) in [7, 11) is 0. The molecule has 0 aliphatic rings. The van der Waals surface area contributed by atoms with Gasteiger partial charge in [-0.3, -0.25) is 4.98 Å². The standard InChI is InChI=1S/C9H9N5S/c10-8(15)9-12-6-14(13-9)5-7-1-3-11-4-2-7/h1-4,6H,5H2,(H2,10,15). The number of nitrogens with zero attached hydrogens (tertiary/aromatic N) is 4. The number of rotatable bonds is 3. The van der Waals surface area contributed by atoms with Crippen LogP contribution in [0, 0.1) is 0 Å². The van der Waals surface area contributed by atoms with E-state index in [-0.39, 0.29) is 4.99 Å². The summed E-state index contributed by atoms with van der Waals surface area (Å²) in [5.74, 6) is 0.402. The Morgan fingerprint density at radius 1 is 1.40 bits per heavy atom. The van der Waals surface area contributed by atoms with Gasteiger partial charge in [0.05, 0.1) is 6.54 Å². The second kappa shape index (κ2) is 4.14. The maximum absolute atomic E-state index is 5.40. The Morgan fingerprint density at radius 3 is 2.73 bits per heavy atom. The second-order valence-electron chi connectivity index (χ2n) is 2.99. The fourth-order valence-corrected chi connectivity index (χ4v) is 1.25. The average Bonchev–Trinajstić information content (AvgIpc) is 2.68. The van der Waals surface area contributed by atoms with Crippen molar-refractivity contribution < 1.29 is 0 Å². The molecule has 2 N–H and O–H groups in total. The molecule has 5 nitrogen and oxygen atoms in total. The van der Waals surface area contributed by atoms with Gasteiger partial charge >= 0.3 is 0 Å². The Labute approximate surface area is 92.0 Å². The quantitative estimate of drug-likeness (QED) is 0.755. The monoisotopic (exact) mass is 219 g/mol. The Bertz CT molecular complexity index is 464. The van der Waals surface area contributed by atoms with Gasteiger partial charge in [0.2, 0.25) is 5.82 Å². The van der Waals surface area contributed by atoms with Crippen LogP contribution in [-0.2, 0) is 6.54 Å². The molecular formula is C9H9N5S. The van der Waals surface area contributed by atoms with Crippen LogP contribution in [0.3, 0.4) is 0 Å². The largest absolute Gasteiger partial charge is 0.387 e. The van der Waals surface area contributed by atoms with Gasteiger partial charge in [-0.15, -0.1) is 5.10 Å². The topological polar surface area (TPSA) is 69.6 Å². The van der Waals surface area contributed by atoms with Crippen molar-refractivity contribution in [3.05, 3.63) is 42.2 Å². The van der Waals surface area contributed by atoms with Crippen molar-refractivity contribution >= 4 is 17.2 Å². The highest BCUT2D eigenvalue weighted by molar-refractivity contribution is 7.80. The molecule has 0 saturated heterocycles. The van der Waals surface area contributed by atoms with Gasteiger partial charge in [-0.1, -0.05) is 12.2 Å². The van der Waals surface area contributed by atoms with E-state index >= 15 is 0 Å². The van der Waals surface area contributed by atoms with Crippen LogP contribution in [0.25, 0.3) is 0 Å². The first kappa shape index (κ1) is 9.72. The highest BCUT2D eigenvalue weighted by Crippen LogP contribution is 1.99. The lowest BCUT2D eigenvalue weighted by atomic mass is 10.3. The van der Waals surface area contributed by atoms with E-state index in [9.17, 15) is 0 Å². The number of hydrogen-bond acceptors (Lipinski definition) is 4. The van der Waals surface area contributed by atoms with Crippen molar-refractivity contribution in [1.82, 2.24) is 19.7 Å². The predicted molar refractivity (Wildman–Crippen MR) is 59.2 cm³/mol. The van der Waals surface area contributed by atoms with E-state index < -0.39 is 0 Å². The Hall–Kier alpha value is -1.82. The van der Waals surface area contributed by atoms with Crippen LogP contribution in [0.5, 0.6) is 0 Å². The normalized spacial score (nSPS) is 10.1. The molecule has 0 spiro atoms. The van der Waals surface area contributed by atoms with E-state index in [1.165, 1.54) is 0 Å². The van der Waals surface area contributed by atoms with Crippen molar-refractivity contribution in [2.24, 2.45) is 5.73 Å². The van der Waals surface area contributed by atoms with Gasteiger partial charge in [-0.05, 0) is 17.7 Å². The van der Waals surface area contributed by atoms with Crippen molar-refractivity contribution in [2.75, 3.05) is 0 Å². The zero-order chi connectivity index (χ0) is 10.7. The van der Waals surface area contributed by atoms with Crippen LogP contribution in [0.1, 0.15) is 11.4 Å². The number of pyridine rings is 1. The summed E-state index contributed by atoms with van der Waals surface area (Å²) >= 11 is 4.77. The van der Waals surface area contributed by atoms with Gasteiger partial charge in [0.15, 0.2) is 0 Å². The highest BCUT2D eigenvalue weighted by Gasteiger charge is 2.03. The molecule has 0 amide bonds. The summed E-state index contributed by atoms with van der Waals surface area (Å²) in [6, 6.07) is 3.84. The summed E-state index contributed by atoms with van der Waals surface area (Å²) in [5.41, 5.74) is 6.50. The molecule has 15 heavy (non-hydrogen) atoms. The SMILES string of the molecule is NC(=S)c1ncn(Cc2ccncc2)n1. The van der Waals surface area contributed by atoms with Gasteiger partial charge < -0.3 is 5.73 Å². The van der Waals surface area contributed by atoms with Gasteiger partial charge in [-0.2, -0.15) is 0 Å². The lowest BCUT2D eigenvalue weighted by Gasteiger charge is -1.99. The maximum Gasteiger partial charge on any atom is 0.208 e. The number of nitrogens with two attached hydrogens (primary N) is 1. The van der Waals surface area contributed by atoms with E-state index in [0.29, 0.717) is 12.4 Å². The molecule has 0 bridgehead atoms. The minimum absolute atomic E-state index is 0.212. The van der Waals surface area contributed by atoms with Gasteiger partial charge in [-0.25, -0.2) is 9.67 Å². The van der Waals surface area contributed by atoms with Crippen molar-refractivity contribution in [3.8, 4) is 0 Å². The fourth-order valence-electron chi connectivity index (χ4n) is 1.16. The van der Waals surface area contributed by atoms with E-state index in [1.807, 2.05) is 12.1 Å². The molecule has 2 rings (SSSR count). The Kier molecular flexibility index (Phi) is 2.68. The van der Waals surface area contributed by atoms with Crippen LogP contribution < -0.4 is 5.73 Å². The molecule has 0 radical (unpaired) electrons. The number of aromatic nitrogens is 4. The first-order valence-corrected chi connectivity index (χ1v) is 4.74. The van der Waals surface area contributed by atoms with E-state index in [1.54, 1.807) is 23.4 Å². The molecule has 6 heteroatoms. The zero-order valence-corrected chi connectivity index (χ0v) is 8.68. The van der Waals surface area contributed by atoms with Crippen LogP contribution in [0.2, 0.25) is 0 Å². The van der Waals surface area contributed by atoms with Crippen molar-refractivity contribution in [3.63, 3.8) is 0 Å². The number of hydrogen-bond donors (Lipinski definition) is 1. The Morgan fingerprint density at radius 2 is 2.13 bits per heavy atom. The van der Waals surface area contributed by atoms with E-state index in [4.69, 9.17) is 18.0 Å². The molecule has 2 aromatic rings. The molecule has 0 saturated carbocycles. The molecule has 0 unspecified atom stereocenters.